The monoisotopic (exact) mass is 264 g/mol. The Morgan fingerprint density at radius 2 is 1.46 bits per heavy atom. The molecule has 0 unspecified atom stereocenters. The molecule has 0 atom stereocenters. The molecule has 0 N–H and O–H groups in total. The van der Waals surface area contributed by atoms with Crippen LogP contribution in [0.25, 0.3) is 0 Å². The lowest BCUT2D eigenvalue weighted by Crippen LogP contribution is -2.34. The van der Waals surface area contributed by atoms with Crippen LogP contribution in [0.1, 0.15) is 0 Å². The molecule has 0 saturated carbocycles. The fraction of sp³-hybridized carbons (Fsp3) is 0. The second-order valence-corrected chi connectivity index (χ2v) is 10.6. The predicted octanol–water partition coefficient (Wildman–Crippen LogP) is 2.97. The average molecular weight is 266 g/mol. The summed E-state index contributed by atoms with van der Waals surface area (Å²) >= 11 is 16.3. The molecule has 0 amide bonds. The molecule has 0 radical (unpaired) electrons. The highest BCUT2D eigenvalue weighted by atomic mass is 35.8. The van der Waals surface area contributed by atoms with Gasteiger partial charge in [0.25, 0.3) is 0 Å². The maximum atomic E-state index is 12.9. The van der Waals surface area contributed by atoms with E-state index < -0.39 is 23.5 Å². The van der Waals surface area contributed by atoms with Crippen molar-refractivity contribution >= 4 is 44.4 Å². The first-order valence-electron chi connectivity index (χ1n) is 3.04. The molecule has 7 heteroatoms. The summed E-state index contributed by atoms with van der Waals surface area (Å²) in [7, 11) is 0. The van der Waals surface area contributed by atoms with E-state index in [4.69, 9.17) is 33.2 Å². The van der Waals surface area contributed by atoms with Crippen LogP contribution in [0.5, 0.6) is 0 Å². The molecule has 1 aromatic rings. The summed E-state index contributed by atoms with van der Waals surface area (Å²) in [4.78, 5) is 0. The zero-order valence-corrected chi connectivity index (χ0v) is 9.19. The highest BCUT2D eigenvalue weighted by Crippen LogP contribution is 2.22. The van der Waals surface area contributed by atoms with Gasteiger partial charge in [0, 0.05) is 5.19 Å². The van der Waals surface area contributed by atoms with Gasteiger partial charge in [-0.2, -0.15) is 0 Å². The Morgan fingerprint density at radius 3 is 1.92 bits per heavy atom. The molecule has 0 aliphatic carbocycles. The van der Waals surface area contributed by atoms with Crippen molar-refractivity contribution in [3.05, 3.63) is 29.6 Å². The van der Waals surface area contributed by atoms with Crippen molar-refractivity contribution in [1.29, 1.82) is 0 Å². The highest BCUT2D eigenvalue weighted by Gasteiger charge is 2.33. The zero-order chi connectivity index (χ0) is 10.2. The molecule has 0 spiro atoms. The fourth-order valence-electron chi connectivity index (χ4n) is 0.745. The van der Waals surface area contributed by atoms with Gasteiger partial charge in [-0.1, -0.05) is 6.07 Å². The number of halogens is 6. The van der Waals surface area contributed by atoms with Crippen molar-refractivity contribution in [2.45, 2.75) is 0 Å². The molecule has 0 fully saturated rings. The van der Waals surface area contributed by atoms with E-state index in [1.807, 2.05) is 0 Å². The summed E-state index contributed by atoms with van der Waals surface area (Å²) in [5, 5.41) is -0.378. The molecule has 0 nitrogen and oxygen atoms in total. The van der Waals surface area contributed by atoms with E-state index in [-0.39, 0.29) is 5.19 Å². The van der Waals surface area contributed by atoms with Crippen LogP contribution in [0.2, 0.25) is 0 Å². The van der Waals surface area contributed by atoms with Crippen LogP contribution >= 0.6 is 33.2 Å². The summed E-state index contributed by atoms with van der Waals surface area (Å²) in [6.45, 7) is 0. The minimum Gasteiger partial charge on any atom is -0.204 e. The van der Waals surface area contributed by atoms with Crippen LogP contribution in [0, 0.1) is 17.5 Å². The van der Waals surface area contributed by atoms with Crippen molar-refractivity contribution in [3.63, 3.8) is 0 Å². The smallest absolute Gasteiger partial charge is 0.204 e. The van der Waals surface area contributed by atoms with E-state index >= 15 is 0 Å². The summed E-state index contributed by atoms with van der Waals surface area (Å²) < 4.78 is 38.0. The Hall–Kier alpha value is 0.0969. The topological polar surface area (TPSA) is 0 Å². The Labute approximate surface area is 87.3 Å². The van der Waals surface area contributed by atoms with Gasteiger partial charge in [0.05, 0.1) is 0 Å². The minimum absolute atomic E-state index is 0.378. The number of hydrogen-bond acceptors (Lipinski definition) is 0. The van der Waals surface area contributed by atoms with Crippen LogP contribution in [-0.4, -0.2) is 6.00 Å². The van der Waals surface area contributed by atoms with Gasteiger partial charge in [-0.25, -0.2) is 13.2 Å². The normalized spacial score (nSPS) is 11.8. The lowest BCUT2D eigenvalue weighted by Gasteiger charge is -2.09. The number of benzene rings is 1. The van der Waals surface area contributed by atoms with Gasteiger partial charge < -0.3 is 0 Å². The van der Waals surface area contributed by atoms with Crippen molar-refractivity contribution in [2.24, 2.45) is 0 Å². The predicted molar refractivity (Wildman–Crippen MR) is 49.3 cm³/mol. The Bertz CT molecular complexity index is 337. The van der Waals surface area contributed by atoms with Gasteiger partial charge >= 0.3 is 6.00 Å². The molecular weight excluding hydrogens is 264 g/mol. The molecule has 13 heavy (non-hydrogen) atoms. The SMILES string of the molecule is Fc1ccc([Si](Cl)(Cl)Cl)c(F)c1F. The van der Waals surface area contributed by atoms with E-state index in [0.717, 1.165) is 12.1 Å². The summed E-state index contributed by atoms with van der Waals surface area (Å²) in [5.41, 5.74) is 0. The maximum absolute atomic E-state index is 12.9. The Balaban J connectivity index is 3.35. The highest BCUT2D eigenvalue weighted by molar-refractivity contribution is 7.69. The molecule has 0 bridgehead atoms. The molecule has 1 aromatic carbocycles. The van der Waals surface area contributed by atoms with E-state index in [1.165, 1.54) is 0 Å². The van der Waals surface area contributed by atoms with E-state index in [0.29, 0.717) is 0 Å². The van der Waals surface area contributed by atoms with E-state index in [1.54, 1.807) is 0 Å². The summed E-state index contributed by atoms with van der Waals surface area (Å²) in [5.74, 6) is -4.34. The average Bonchev–Trinajstić information content (AvgIpc) is 1.98. The van der Waals surface area contributed by atoms with Crippen molar-refractivity contribution in [2.75, 3.05) is 0 Å². The molecular formula is C6H2Cl3F3Si. The zero-order valence-electron chi connectivity index (χ0n) is 5.92. The summed E-state index contributed by atoms with van der Waals surface area (Å²) in [6, 6.07) is -1.83. The third kappa shape index (κ3) is 2.31. The molecule has 0 heterocycles. The maximum Gasteiger partial charge on any atom is 0.375 e. The standard InChI is InChI=1S/C6H2Cl3F3Si/c7-13(8,9)4-2-1-3(10)5(11)6(4)12/h1-2H. The fourth-order valence-corrected chi connectivity index (χ4v) is 2.69. The molecule has 0 aliphatic rings. The summed E-state index contributed by atoms with van der Waals surface area (Å²) in [6.07, 6.45) is 0. The second kappa shape index (κ2) is 3.69. The minimum atomic E-state index is -3.50. The van der Waals surface area contributed by atoms with Crippen LogP contribution in [0.15, 0.2) is 12.1 Å². The van der Waals surface area contributed by atoms with Gasteiger partial charge in [-0.3, -0.25) is 0 Å². The molecule has 0 saturated heterocycles. The first-order valence-corrected chi connectivity index (χ1v) is 8.08. The Kier molecular flexibility index (Phi) is 3.17. The third-order valence-electron chi connectivity index (χ3n) is 1.34. The lowest BCUT2D eigenvalue weighted by atomic mass is 10.3. The molecule has 72 valence electrons. The largest absolute Gasteiger partial charge is 0.375 e. The third-order valence-corrected chi connectivity index (χ3v) is 4.17. The second-order valence-electron chi connectivity index (χ2n) is 2.22. The van der Waals surface area contributed by atoms with Gasteiger partial charge in [-0.05, 0) is 6.07 Å². The number of rotatable bonds is 1. The van der Waals surface area contributed by atoms with Gasteiger partial charge in [0.15, 0.2) is 17.5 Å². The van der Waals surface area contributed by atoms with Crippen LogP contribution in [-0.2, 0) is 0 Å². The Morgan fingerprint density at radius 1 is 0.923 bits per heavy atom. The van der Waals surface area contributed by atoms with Crippen molar-refractivity contribution in [1.82, 2.24) is 0 Å². The molecule has 1 rings (SSSR count). The van der Waals surface area contributed by atoms with E-state index in [2.05, 4.69) is 0 Å². The van der Waals surface area contributed by atoms with Gasteiger partial charge in [0.2, 0.25) is 0 Å². The quantitative estimate of drug-likeness (QED) is 0.416. The van der Waals surface area contributed by atoms with Crippen LogP contribution < -0.4 is 5.19 Å². The van der Waals surface area contributed by atoms with Crippen LogP contribution in [0.3, 0.4) is 0 Å². The lowest BCUT2D eigenvalue weighted by molar-refractivity contribution is 0.451. The van der Waals surface area contributed by atoms with E-state index in [9.17, 15) is 13.2 Å². The first-order chi connectivity index (χ1) is 5.84. The number of hydrogen-bond donors (Lipinski definition) is 0. The van der Waals surface area contributed by atoms with Crippen molar-refractivity contribution < 1.29 is 13.2 Å². The van der Waals surface area contributed by atoms with Gasteiger partial charge in [-0.15, -0.1) is 33.2 Å². The molecule has 0 aliphatic heterocycles. The first kappa shape index (κ1) is 11.2. The molecule has 0 aromatic heterocycles. The van der Waals surface area contributed by atoms with Crippen LogP contribution in [0.4, 0.5) is 13.2 Å². The van der Waals surface area contributed by atoms with Gasteiger partial charge in [0.1, 0.15) is 0 Å². The van der Waals surface area contributed by atoms with Crippen molar-refractivity contribution in [3.8, 4) is 0 Å².